The first-order chi connectivity index (χ1) is 8.38. The minimum absolute atomic E-state index is 0.510. The maximum Gasteiger partial charge on any atom is 0.0587 e. The van der Waals surface area contributed by atoms with Gasteiger partial charge in [-0.05, 0) is 44.6 Å². The number of hydrogen-bond donors (Lipinski definition) is 1. The Morgan fingerprint density at radius 2 is 2.00 bits per heavy atom. The molecular formula is C15H29NO. The summed E-state index contributed by atoms with van der Waals surface area (Å²) in [7, 11) is 0. The monoisotopic (exact) mass is 239 g/mol. The van der Waals surface area contributed by atoms with Gasteiger partial charge in [0.2, 0.25) is 0 Å². The molecule has 1 saturated carbocycles. The zero-order valence-corrected chi connectivity index (χ0v) is 11.4. The van der Waals surface area contributed by atoms with Crippen molar-refractivity contribution < 1.29 is 4.74 Å². The Hall–Kier alpha value is -0.0800. The van der Waals surface area contributed by atoms with Gasteiger partial charge < -0.3 is 10.1 Å². The van der Waals surface area contributed by atoms with E-state index >= 15 is 0 Å². The summed E-state index contributed by atoms with van der Waals surface area (Å²) in [5, 5.41) is 3.73. The molecule has 100 valence electrons. The van der Waals surface area contributed by atoms with Gasteiger partial charge in [0, 0.05) is 12.6 Å². The fourth-order valence-corrected chi connectivity index (χ4v) is 3.35. The van der Waals surface area contributed by atoms with E-state index in [4.69, 9.17) is 4.74 Å². The molecule has 2 aliphatic rings. The van der Waals surface area contributed by atoms with Crippen LogP contribution in [0.1, 0.15) is 64.7 Å². The van der Waals surface area contributed by atoms with Crippen LogP contribution in [0.3, 0.4) is 0 Å². The van der Waals surface area contributed by atoms with Crippen LogP contribution < -0.4 is 5.32 Å². The maximum absolute atomic E-state index is 5.70. The van der Waals surface area contributed by atoms with E-state index in [0.717, 1.165) is 18.6 Å². The smallest absolute Gasteiger partial charge is 0.0587 e. The molecule has 0 bridgehead atoms. The van der Waals surface area contributed by atoms with Crippen molar-refractivity contribution in [3.05, 3.63) is 0 Å². The third kappa shape index (κ3) is 4.59. The Morgan fingerprint density at radius 3 is 2.76 bits per heavy atom. The molecule has 1 heterocycles. The Bertz CT molecular complexity index is 201. The van der Waals surface area contributed by atoms with Crippen LogP contribution in [0, 0.1) is 5.92 Å². The molecule has 0 spiro atoms. The van der Waals surface area contributed by atoms with Gasteiger partial charge in [0.15, 0.2) is 0 Å². The highest BCUT2D eigenvalue weighted by molar-refractivity contribution is 4.76. The normalized spacial score (nSPS) is 30.9. The summed E-state index contributed by atoms with van der Waals surface area (Å²) < 4.78 is 5.70. The Labute approximate surface area is 107 Å². The summed E-state index contributed by atoms with van der Waals surface area (Å²) in [6.45, 7) is 4.41. The molecule has 0 aromatic heterocycles. The Balaban J connectivity index is 1.52. The summed E-state index contributed by atoms with van der Waals surface area (Å²) in [5.74, 6) is 1.05. The second-order valence-electron chi connectivity index (χ2n) is 5.87. The third-order valence-corrected chi connectivity index (χ3v) is 4.52. The second-order valence-corrected chi connectivity index (χ2v) is 5.87. The van der Waals surface area contributed by atoms with Gasteiger partial charge in [0.1, 0.15) is 0 Å². The van der Waals surface area contributed by atoms with Gasteiger partial charge >= 0.3 is 0 Å². The molecule has 1 saturated heterocycles. The fraction of sp³-hybridized carbons (Fsp3) is 1.00. The molecule has 1 N–H and O–H groups in total. The molecular weight excluding hydrogens is 210 g/mol. The molecule has 1 aliphatic carbocycles. The van der Waals surface area contributed by atoms with Crippen molar-refractivity contribution in [2.24, 2.45) is 5.92 Å². The first-order valence-electron chi connectivity index (χ1n) is 7.73. The van der Waals surface area contributed by atoms with Crippen molar-refractivity contribution >= 4 is 0 Å². The van der Waals surface area contributed by atoms with Gasteiger partial charge in [0.25, 0.3) is 0 Å². The van der Waals surface area contributed by atoms with E-state index in [1.807, 2.05) is 0 Å². The molecule has 0 aromatic rings. The van der Waals surface area contributed by atoms with E-state index in [2.05, 4.69) is 12.2 Å². The predicted octanol–water partition coefficient (Wildman–Crippen LogP) is 3.50. The molecule has 2 nitrogen and oxygen atoms in total. The zero-order valence-electron chi connectivity index (χ0n) is 11.4. The van der Waals surface area contributed by atoms with Gasteiger partial charge in [-0.1, -0.05) is 32.6 Å². The van der Waals surface area contributed by atoms with Gasteiger partial charge in [-0.25, -0.2) is 0 Å². The van der Waals surface area contributed by atoms with E-state index in [9.17, 15) is 0 Å². The van der Waals surface area contributed by atoms with Crippen LogP contribution in [0.2, 0.25) is 0 Å². The first-order valence-corrected chi connectivity index (χ1v) is 7.73. The number of nitrogens with one attached hydrogen (secondary N) is 1. The highest BCUT2D eigenvalue weighted by Gasteiger charge is 2.20. The molecule has 0 radical (unpaired) electrons. The van der Waals surface area contributed by atoms with Crippen LogP contribution in [0.15, 0.2) is 0 Å². The minimum atomic E-state index is 0.510. The minimum Gasteiger partial charge on any atom is -0.378 e. The summed E-state index contributed by atoms with van der Waals surface area (Å²) >= 11 is 0. The van der Waals surface area contributed by atoms with Crippen molar-refractivity contribution in [3.8, 4) is 0 Å². The number of rotatable bonds is 6. The van der Waals surface area contributed by atoms with E-state index in [1.54, 1.807) is 0 Å². The largest absolute Gasteiger partial charge is 0.378 e. The summed E-state index contributed by atoms with van der Waals surface area (Å²) in [6.07, 6.45) is 12.9. The predicted molar refractivity (Wildman–Crippen MR) is 72.2 cm³/mol. The molecule has 1 aliphatic heterocycles. The molecule has 2 atom stereocenters. The van der Waals surface area contributed by atoms with Crippen LogP contribution >= 0.6 is 0 Å². The lowest BCUT2D eigenvalue weighted by atomic mass is 10.00. The van der Waals surface area contributed by atoms with Gasteiger partial charge in [-0.15, -0.1) is 0 Å². The molecule has 2 fully saturated rings. The second kappa shape index (κ2) is 7.38. The number of hydrogen-bond acceptors (Lipinski definition) is 2. The zero-order chi connectivity index (χ0) is 11.9. The van der Waals surface area contributed by atoms with E-state index < -0.39 is 0 Å². The van der Waals surface area contributed by atoms with Crippen molar-refractivity contribution in [1.82, 2.24) is 5.32 Å². The fourth-order valence-electron chi connectivity index (χ4n) is 3.35. The lowest BCUT2D eigenvalue weighted by Crippen LogP contribution is -2.39. The lowest BCUT2D eigenvalue weighted by molar-refractivity contribution is -0.0000370. The lowest BCUT2D eigenvalue weighted by Gasteiger charge is -2.29. The van der Waals surface area contributed by atoms with Gasteiger partial charge in [-0.2, -0.15) is 0 Å². The molecule has 2 heteroatoms. The Kier molecular flexibility index (Phi) is 5.79. The molecule has 0 amide bonds. The highest BCUT2D eigenvalue weighted by Crippen LogP contribution is 2.28. The summed E-state index contributed by atoms with van der Waals surface area (Å²) in [4.78, 5) is 0. The van der Waals surface area contributed by atoms with Crippen molar-refractivity contribution in [3.63, 3.8) is 0 Å². The molecule has 17 heavy (non-hydrogen) atoms. The van der Waals surface area contributed by atoms with Gasteiger partial charge in [-0.3, -0.25) is 0 Å². The summed E-state index contributed by atoms with van der Waals surface area (Å²) in [5.41, 5.74) is 0. The summed E-state index contributed by atoms with van der Waals surface area (Å²) in [6, 6.07) is 0.720. The molecule has 2 unspecified atom stereocenters. The average Bonchev–Trinajstić information content (AvgIpc) is 2.88. The molecule has 2 rings (SSSR count). The van der Waals surface area contributed by atoms with Crippen LogP contribution in [-0.2, 0) is 4.74 Å². The van der Waals surface area contributed by atoms with Crippen LogP contribution in [0.5, 0.6) is 0 Å². The van der Waals surface area contributed by atoms with Crippen molar-refractivity contribution in [1.29, 1.82) is 0 Å². The third-order valence-electron chi connectivity index (χ3n) is 4.52. The van der Waals surface area contributed by atoms with Crippen LogP contribution in [0.4, 0.5) is 0 Å². The van der Waals surface area contributed by atoms with Crippen molar-refractivity contribution in [2.45, 2.75) is 76.9 Å². The van der Waals surface area contributed by atoms with Gasteiger partial charge in [0.05, 0.1) is 6.10 Å². The van der Waals surface area contributed by atoms with E-state index in [0.29, 0.717) is 6.10 Å². The Morgan fingerprint density at radius 1 is 1.18 bits per heavy atom. The first kappa shape index (κ1) is 13.4. The van der Waals surface area contributed by atoms with Crippen LogP contribution in [-0.4, -0.2) is 25.3 Å². The van der Waals surface area contributed by atoms with E-state index in [-0.39, 0.29) is 0 Å². The van der Waals surface area contributed by atoms with Crippen LogP contribution in [0.25, 0.3) is 0 Å². The topological polar surface area (TPSA) is 21.3 Å². The van der Waals surface area contributed by atoms with E-state index in [1.165, 1.54) is 64.3 Å². The quantitative estimate of drug-likeness (QED) is 0.716. The van der Waals surface area contributed by atoms with Crippen molar-refractivity contribution in [2.75, 3.05) is 13.2 Å². The standard InChI is InChI=1S/C15H29NO/c1-2-15-12-14(9-11-17-15)16-10-5-8-13-6-3-4-7-13/h13-16H,2-12H2,1H3. The highest BCUT2D eigenvalue weighted by atomic mass is 16.5. The molecule has 0 aromatic carbocycles. The maximum atomic E-state index is 5.70. The average molecular weight is 239 g/mol. The SMILES string of the molecule is CCC1CC(NCCCC2CCCC2)CCO1. The number of ether oxygens (including phenoxy) is 1.